The van der Waals surface area contributed by atoms with Gasteiger partial charge in [0.15, 0.2) is 0 Å². The SMILES string of the molecule is Cn1ccc(-c2cc(Cl)ccc2C(Oc2cc(N3CCC4(CC3)CNC(C(=O)O)C4)nc(N)n2)C(F)(F)F)n1. The fourth-order valence-electron chi connectivity index (χ4n) is 5.30. The van der Waals surface area contributed by atoms with E-state index in [1.807, 2.05) is 4.90 Å². The van der Waals surface area contributed by atoms with E-state index in [2.05, 4.69) is 20.4 Å². The van der Waals surface area contributed by atoms with Crippen LogP contribution in [0.1, 0.15) is 30.9 Å². The molecule has 2 unspecified atom stereocenters. The van der Waals surface area contributed by atoms with Crippen LogP contribution < -0.4 is 20.7 Å². The maximum atomic E-state index is 14.4. The predicted molar refractivity (Wildman–Crippen MR) is 137 cm³/mol. The summed E-state index contributed by atoms with van der Waals surface area (Å²) in [6, 6.07) is 6.40. The molecule has 0 amide bonds. The number of benzene rings is 1. The molecule has 10 nitrogen and oxygen atoms in total. The van der Waals surface area contributed by atoms with Crippen LogP contribution in [0.25, 0.3) is 11.3 Å². The summed E-state index contributed by atoms with van der Waals surface area (Å²) < 4.78 is 50.1. The number of hydrogen-bond donors (Lipinski definition) is 3. The summed E-state index contributed by atoms with van der Waals surface area (Å²) in [7, 11) is 1.66. The molecule has 0 bridgehead atoms. The van der Waals surface area contributed by atoms with E-state index < -0.39 is 24.3 Å². The molecule has 2 aromatic heterocycles. The molecule has 39 heavy (non-hydrogen) atoms. The molecule has 3 aromatic rings. The van der Waals surface area contributed by atoms with E-state index in [0.717, 1.165) is 0 Å². The number of hydrogen-bond acceptors (Lipinski definition) is 8. The average molecular weight is 566 g/mol. The van der Waals surface area contributed by atoms with E-state index >= 15 is 0 Å². The van der Waals surface area contributed by atoms with Gasteiger partial charge in [0.1, 0.15) is 11.9 Å². The molecule has 208 valence electrons. The molecule has 2 saturated heterocycles. The Morgan fingerprint density at radius 2 is 2.00 bits per heavy atom. The average Bonchev–Trinajstić information content (AvgIpc) is 3.49. The fraction of sp³-hybridized carbons (Fsp3) is 0.440. The highest BCUT2D eigenvalue weighted by atomic mass is 35.5. The number of anilines is 2. The number of nitrogens with one attached hydrogen (secondary N) is 1. The zero-order valence-corrected chi connectivity index (χ0v) is 21.7. The third-order valence-corrected chi connectivity index (χ3v) is 7.57. The molecule has 0 saturated carbocycles. The Hall–Kier alpha value is -3.58. The number of alkyl halides is 3. The lowest BCUT2D eigenvalue weighted by Gasteiger charge is -2.39. The summed E-state index contributed by atoms with van der Waals surface area (Å²) in [6.07, 6.45) is -3.63. The summed E-state index contributed by atoms with van der Waals surface area (Å²) in [5.41, 5.74) is 6.06. The van der Waals surface area contributed by atoms with E-state index in [9.17, 15) is 23.1 Å². The fourth-order valence-corrected chi connectivity index (χ4v) is 5.47. The van der Waals surface area contributed by atoms with E-state index in [1.54, 1.807) is 19.3 Å². The number of carboxylic acids is 1. The summed E-state index contributed by atoms with van der Waals surface area (Å²) in [5.74, 6) is -1.07. The van der Waals surface area contributed by atoms with Crippen LogP contribution in [0.3, 0.4) is 0 Å². The van der Waals surface area contributed by atoms with Gasteiger partial charge in [-0.3, -0.25) is 9.48 Å². The van der Waals surface area contributed by atoms with Crippen LogP contribution in [0.5, 0.6) is 5.88 Å². The van der Waals surface area contributed by atoms with Crippen LogP contribution >= 0.6 is 11.6 Å². The first-order chi connectivity index (χ1) is 18.4. The van der Waals surface area contributed by atoms with Crippen molar-refractivity contribution in [1.82, 2.24) is 25.1 Å². The van der Waals surface area contributed by atoms with Gasteiger partial charge in [0.2, 0.25) is 17.9 Å². The van der Waals surface area contributed by atoms with Crippen molar-refractivity contribution in [2.24, 2.45) is 12.5 Å². The van der Waals surface area contributed by atoms with Crippen LogP contribution in [0.15, 0.2) is 36.5 Å². The third-order valence-electron chi connectivity index (χ3n) is 7.34. The summed E-state index contributed by atoms with van der Waals surface area (Å²) in [4.78, 5) is 21.4. The number of halogens is 4. The molecule has 0 radical (unpaired) electrons. The zero-order valence-electron chi connectivity index (χ0n) is 21.0. The summed E-state index contributed by atoms with van der Waals surface area (Å²) in [6.45, 7) is 1.67. The first-order valence-corrected chi connectivity index (χ1v) is 12.7. The van der Waals surface area contributed by atoms with Gasteiger partial charge in [-0.25, -0.2) is 0 Å². The van der Waals surface area contributed by atoms with Gasteiger partial charge in [-0.1, -0.05) is 17.7 Å². The second-order valence-corrected chi connectivity index (χ2v) is 10.5. The van der Waals surface area contributed by atoms with E-state index in [0.29, 0.717) is 50.4 Å². The van der Waals surface area contributed by atoms with Crippen LogP contribution in [-0.4, -0.2) is 62.7 Å². The van der Waals surface area contributed by atoms with Crippen molar-refractivity contribution in [1.29, 1.82) is 0 Å². The lowest BCUT2D eigenvalue weighted by atomic mass is 9.76. The third kappa shape index (κ3) is 5.74. The zero-order chi connectivity index (χ0) is 27.9. The minimum absolute atomic E-state index is 0.144. The number of carbonyl (C=O) groups is 1. The number of carboxylic acid groups (broad SMARTS) is 1. The summed E-state index contributed by atoms with van der Waals surface area (Å²) >= 11 is 6.12. The van der Waals surface area contributed by atoms with E-state index in [4.69, 9.17) is 22.1 Å². The molecule has 2 fully saturated rings. The van der Waals surface area contributed by atoms with Crippen molar-refractivity contribution < 1.29 is 27.8 Å². The first-order valence-electron chi connectivity index (χ1n) is 12.3. The van der Waals surface area contributed by atoms with Crippen molar-refractivity contribution in [3.05, 3.63) is 47.1 Å². The number of nitrogens with zero attached hydrogens (tertiary/aromatic N) is 5. The van der Waals surface area contributed by atoms with Crippen molar-refractivity contribution in [2.45, 2.75) is 37.6 Å². The number of rotatable bonds is 6. The summed E-state index contributed by atoms with van der Waals surface area (Å²) in [5, 5.41) is 16.9. The second kappa shape index (κ2) is 10.2. The molecule has 4 N–H and O–H groups in total. The van der Waals surface area contributed by atoms with Crippen molar-refractivity contribution in [3.8, 4) is 17.1 Å². The Labute approximate surface area is 226 Å². The number of aliphatic carboxylic acids is 1. The minimum Gasteiger partial charge on any atom is -0.480 e. The highest BCUT2D eigenvalue weighted by molar-refractivity contribution is 6.30. The number of nitrogen functional groups attached to an aromatic ring is 1. The molecule has 5 rings (SSSR count). The van der Waals surface area contributed by atoms with Crippen LogP contribution in [0.2, 0.25) is 5.02 Å². The normalized spacial score (nSPS) is 19.8. The molecular weight excluding hydrogens is 539 g/mol. The topological polar surface area (TPSA) is 131 Å². The molecule has 2 atom stereocenters. The smallest absolute Gasteiger partial charge is 0.429 e. The van der Waals surface area contributed by atoms with Gasteiger partial charge in [0.05, 0.1) is 5.69 Å². The molecule has 1 aromatic carbocycles. The number of ether oxygens (including phenoxy) is 1. The quantitative estimate of drug-likeness (QED) is 0.408. The molecule has 0 aliphatic carbocycles. The molecule has 4 heterocycles. The van der Waals surface area contributed by atoms with Crippen molar-refractivity contribution >= 4 is 29.3 Å². The van der Waals surface area contributed by atoms with Gasteiger partial charge in [-0.05, 0) is 42.9 Å². The van der Waals surface area contributed by atoms with Gasteiger partial charge in [0, 0.05) is 55.1 Å². The Morgan fingerprint density at radius 3 is 2.62 bits per heavy atom. The number of aryl methyl sites for hydroxylation is 1. The van der Waals surface area contributed by atoms with E-state index in [1.165, 1.54) is 28.9 Å². The van der Waals surface area contributed by atoms with Gasteiger partial charge in [-0.2, -0.15) is 28.2 Å². The molecule has 2 aliphatic heterocycles. The van der Waals surface area contributed by atoms with Crippen LogP contribution in [0, 0.1) is 5.41 Å². The Morgan fingerprint density at radius 1 is 1.26 bits per heavy atom. The van der Waals surface area contributed by atoms with Gasteiger partial charge in [0.25, 0.3) is 0 Å². The Bertz CT molecular complexity index is 1380. The Kier molecular flexibility index (Phi) is 7.06. The number of piperidine rings is 1. The Balaban J connectivity index is 1.40. The largest absolute Gasteiger partial charge is 0.480 e. The van der Waals surface area contributed by atoms with Gasteiger partial charge < -0.3 is 25.8 Å². The standard InChI is InChI=1S/C25H27ClF3N7O3/c1-35-7-4-17(34-35)16-10-14(26)2-3-15(16)21(25(27,28)29)39-20-11-19(32-23(30)33-20)36-8-5-24(6-9-36)12-18(22(37)38)31-13-24/h2-4,7,10-11,18,21,31H,5-6,8-9,12-13H2,1H3,(H,37,38)(H2,30,32,33). The van der Waals surface area contributed by atoms with Crippen LogP contribution in [-0.2, 0) is 11.8 Å². The highest BCUT2D eigenvalue weighted by Gasteiger charge is 2.46. The minimum atomic E-state index is -4.80. The highest BCUT2D eigenvalue weighted by Crippen LogP contribution is 2.43. The molecular formula is C25H27ClF3N7O3. The number of nitrogens with two attached hydrogens (primary N) is 1. The van der Waals surface area contributed by atoms with E-state index in [-0.39, 0.29) is 33.4 Å². The molecule has 2 aliphatic rings. The van der Waals surface area contributed by atoms with Gasteiger partial charge in [-0.15, -0.1) is 0 Å². The van der Waals surface area contributed by atoms with Crippen LogP contribution in [0.4, 0.5) is 24.9 Å². The monoisotopic (exact) mass is 565 g/mol. The molecule has 14 heteroatoms. The number of aromatic nitrogens is 4. The first kappa shape index (κ1) is 27.0. The van der Waals surface area contributed by atoms with Gasteiger partial charge >= 0.3 is 12.1 Å². The second-order valence-electron chi connectivity index (χ2n) is 10.0. The van der Waals surface area contributed by atoms with Crippen molar-refractivity contribution in [3.63, 3.8) is 0 Å². The van der Waals surface area contributed by atoms with Crippen molar-refractivity contribution in [2.75, 3.05) is 30.3 Å². The predicted octanol–water partition coefficient (Wildman–Crippen LogP) is 3.83. The maximum absolute atomic E-state index is 14.4. The maximum Gasteiger partial charge on any atom is 0.429 e. The molecule has 1 spiro atoms. The lowest BCUT2D eigenvalue weighted by molar-refractivity contribution is -0.198. The lowest BCUT2D eigenvalue weighted by Crippen LogP contribution is -2.41.